The number of benzene rings is 1. The first kappa shape index (κ1) is 33.0. The van der Waals surface area contributed by atoms with Gasteiger partial charge in [-0.25, -0.2) is 18.6 Å². The number of halogens is 2. The molecule has 1 N–H and O–H groups in total. The van der Waals surface area contributed by atoms with E-state index in [0.29, 0.717) is 49.3 Å². The number of nitrogens with zero attached hydrogens (tertiary/aromatic N) is 6. The molecule has 5 heterocycles. The second-order valence-corrected chi connectivity index (χ2v) is 14.8. The molecule has 0 atom stereocenters. The van der Waals surface area contributed by atoms with Gasteiger partial charge in [-0.1, -0.05) is 0 Å². The highest BCUT2D eigenvalue weighted by atomic mass is 32.1. The number of hydrogen-bond donors (Lipinski definition) is 1. The van der Waals surface area contributed by atoms with Gasteiger partial charge < -0.3 is 19.1 Å². The van der Waals surface area contributed by atoms with Gasteiger partial charge in [0.2, 0.25) is 5.91 Å². The number of hydrogen-bond acceptors (Lipinski definition) is 11. The van der Waals surface area contributed by atoms with E-state index in [1.165, 1.54) is 6.20 Å². The Morgan fingerprint density at radius 1 is 1.18 bits per heavy atom. The fraction of sp³-hybridized carbons (Fsp3) is 0.471. The summed E-state index contributed by atoms with van der Waals surface area (Å²) in [6.45, 7) is 10.9. The van der Waals surface area contributed by atoms with Crippen molar-refractivity contribution in [1.29, 1.82) is 5.26 Å². The molecule has 7 rings (SSSR count). The van der Waals surface area contributed by atoms with Crippen LogP contribution < -0.4 is 10.1 Å². The molecule has 12 nitrogen and oxygen atoms in total. The summed E-state index contributed by atoms with van der Waals surface area (Å²) in [5.41, 5.74) is 0.176. The van der Waals surface area contributed by atoms with Crippen LogP contribution in [0.15, 0.2) is 12.4 Å². The van der Waals surface area contributed by atoms with Crippen molar-refractivity contribution in [3.63, 3.8) is 0 Å². The molecular formula is C34H35F2N7O5S. The number of nitrogens with one attached hydrogen (secondary N) is 1. The van der Waals surface area contributed by atoms with Crippen molar-refractivity contribution in [1.82, 2.24) is 24.8 Å². The maximum atomic E-state index is 16.8. The number of rotatable bonds is 8. The van der Waals surface area contributed by atoms with E-state index in [9.17, 15) is 14.9 Å². The lowest BCUT2D eigenvalue weighted by Gasteiger charge is -2.35. The van der Waals surface area contributed by atoms with Crippen LogP contribution in [0.3, 0.4) is 0 Å². The van der Waals surface area contributed by atoms with Gasteiger partial charge in [-0.2, -0.15) is 10.2 Å². The summed E-state index contributed by atoms with van der Waals surface area (Å²) in [5.74, 6) is -1.34. The third-order valence-corrected chi connectivity index (χ3v) is 10.2. The molecule has 49 heavy (non-hydrogen) atoms. The fourth-order valence-corrected chi connectivity index (χ4v) is 7.55. The minimum Gasteiger partial charge on any atom is -0.463 e. The van der Waals surface area contributed by atoms with Gasteiger partial charge >= 0.3 is 12.1 Å². The zero-order valence-electron chi connectivity index (χ0n) is 27.6. The average molecular weight is 692 g/mol. The second-order valence-electron chi connectivity index (χ2n) is 13.7. The molecule has 4 aromatic rings. The number of nitriles is 1. The smallest absolute Gasteiger partial charge is 0.412 e. The van der Waals surface area contributed by atoms with Crippen molar-refractivity contribution < 1.29 is 32.6 Å². The molecular weight excluding hydrogens is 656 g/mol. The Morgan fingerprint density at radius 2 is 1.96 bits per heavy atom. The number of piperazine rings is 1. The minimum absolute atomic E-state index is 0.00340. The molecule has 2 fully saturated rings. The van der Waals surface area contributed by atoms with Crippen molar-refractivity contribution in [2.45, 2.75) is 59.4 Å². The van der Waals surface area contributed by atoms with E-state index in [2.05, 4.69) is 25.2 Å². The summed E-state index contributed by atoms with van der Waals surface area (Å²) in [7, 11) is 0. The summed E-state index contributed by atoms with van der Waals surface area (Å²) in [6.07, 6.45) is 3.54. The Balaban J connectivity index is 1.23. The number of thiophene rings is 1. The summed E-state index contributed by atoms with van der Waals surface area (Å²) in [4.78, 5) is 42.2. The van der Waals surface area contributed by atoms with Gasteiger partial charge in [0.25, 0.3) is 0 Å². The van der Waals surface area contributed by atoms with Crippen LogP contribution in [0.25, 0.3) is 32.2 Å². The summed E-state index contributed by atoms with van der Waals surface area (Å²) < 4.78 is 49.2. The standard InChI is InChI=1S/C34H35F2N7O5S/c1-5-43-9-8-42(13-23(43)44)16-34(6-7-34)17-47-31-39-11-19-20-14-46-15-21(20)24(26(36)27(19)40-31)28-25-18(10-37)30(41-32(45)48-33(2,3)4)49-29(25)22(35)12-38-28/h11-12H,5-9,13-17H2,1-4H3,(H,41,45). The SMILES string of the molecule is CCN1CCN(CC2(COc3ncc4c5c(c(-c6ncc(F)c7sc(NC(=O)OC(C)(C)C)c(C#N)c67)c(F)c4n3)COC5)CC2)CC1=O. The summed E-state index contributed by atoms with van der Waals surface area (Å²) in [6, 6.07) is 2.04. The van der Waals surface area contributed by atoms with Crippen molar-refractivity contribution >= 4 is 49.3 Å². The van der Waals surface area contributed by atoms with Crippen LogP contribution in [0.5, 0.6) is 6.01 Å². The van der Waals surface area contributed by atoms with Crippen LogP contribution in [-0.2, 0) is 27.5 Å². The minimum atomic E-state index is -0.818. The van der Waals surface area contributed by atoms with Crippen molar-refractivity contribution in [2.24, 2.45) is 5.41 Å². The van der Waals surface area contributed by atoms with Gasteiger partial charge in [0, 0.05) is 54.1 Å². The highest BCUT2D eigenvalue weighted by molar-refractivity contribution is 7.23. The highest BCUT2D eigenvalue weighted by Gasteiger charge is 2.46. The van der Waals surface area contributed by atoms with Crippen LogP contribution in [0.4, 0.5) is 18.6 Å². The van der Waals surface area contributed by atoms with E-state index in [4.69, 9.17) is 14.2 Å². The molecule has 1 saturated carbocycles. The molecule has 15 heteroatoms. The first-order valence-electron chi connectivity index (χ1n) is 16.1. The number of pyridine rings is 1. The van der Waals surface area contributed by atoms with Gasteiger partial charge in [0.15, 0.2) is 11.6 Å². The third-order valence-electron chi connectivity index (χ3n) is 9.11. The molecule has 3 aliphatic rings. The lowest BCUT2D eigenvalue weighted by atomic mass is 9.94. The number of fused-ring (bicyclic) bond motifs is 4. The number of carbonyl (C=O) groups excluding carboxylic acids is 2. The zero-order chi connectivity index (χ0) is 34.7. The molecule has 0 bridgehead atoms. The van der Waals surface area contributed by atoms with Crippen molar-refractivity contribution in [3.8, 4) is 23.3 Å². The van der Waals surface area contributed by atoms with E-state index in [1.807, 2.05) is 17.9 Å². The van der Waals surface area contributed by atoms with Gasteiger partial charge in [-0.3, -0.25) is 20.0 Å². The topological polar surface area (TPSA) is 143 Å². The maximum absolute atomic E-state index is 16.8. The first-order chi connectivity index (χ1) is 23.4. The average Bonchev–Trinajstić information content (AvgIpc) is 3.45. The van der Waals surface area contributed by atoms with Gasteiger partial charge in [-0.05, 0) is 51.7 Å². The first-order valence-corrected chi connectivity index (χ1v) is 16.9. The molecule has 0 unspecified atom stereocenters. The van der Waals surface area contributed by atoms with E-state index in [0.717, 1.165) is 36.9 Å². The number of likely N-dealkylation sites (N-methyl/N-ethyl adjacent to an activating group) is 1. The Bertz CT molecular complexity index is 2050. The highest BCUT2D eigenvalue weighted by Crippen LogP contribution is 2.48. The normalized spacial score (nSPS) is 17.3. The van der Waals surface area contributed by atoms with Crippen LogP contribution in [0.1, 0.15) is 57.2 Å². The molecule has 0 spiro atoms. The van der Waals surface area contributed by atoms with Crippen LogP contribution >= 0.6 is 11.3 Å². The lowest BCUT2D eigenvalue weighted by Crippen LogP contribution is -2.51. The van der Waals surface area contributed by atoms with Crippen LogP contribution in [0, 0.1) is 28.4 Å². The van der Waals surface area contributed by atoms with Gasteiger partial charge in [-0.15, -0.1) is 11.3 Å². The maximum Gasteiger partial charge on any atom is 0.412 e. The van der Waals surface area contributed by atoms with Gasteiger partial charge in [0.1, 0.15) is 22.2 Å². The molecule has 2 amide bonds. The Morgan fingerprint density at radius 3 is 2.65 bits per heavy atom. The quantitative estimate of drug-likeness (QED) is 0.242. The molecule has 3 aromatic heterocycles. The molecule has 2 aliphatic heterocycles. The molecule has 0 radical (unpaired) electrons. The predicted molar refractivity (Wildman–Crippen MR) is 177 cm³/mol. The summed E-state index contributed by atoms with van der Waals surface area (Å²) >= 11 is 0.839. The summed E-state index contributed by atoms with van der Waals surface area (Å²) in [5, 5.41) is 13.3. The molecule has 1 aromatic carbocycles. The van der Waals surface area contributed by atoms with Crippen molar-refractivity contribution in [3.05, 3.63) is 40.7 Å². The van der Waals surface area contributed by atoms with Gasteiger partial charge in [0.05, 0.1) is 48.5 Å². The largest absolute Gasteiger partial charge is 0.463 e. The fourth-order valence-electron chi connectivity index (χ4n) is 6.51. The van der Waals surface area contributed by atoms with Crippen molar-refractivity contribution in [2.75, 3.05) is 44.6 Å². The third kappa shape index (κ3) is 6.24. The Hall–Kier alpha value is -4.52. The Kier molecular flexibility index (Phi) is 8.36. The van der Waals surface area contributed by atoms with E-state index in [-0.39, 0.29) is 68.0 Å². The van der Waals surface area contributed by atoms with Crippen LogP contribution in [0.2, 0.25) is 0 Å². The number of aromatic nitrogens is 3. The van der Waals surface area contributed by atoms with Crippen LogP contribution in [-0.4, -0.2) is 81.7 Å². The molecule has 1 saturated heterocycles. The molecule has 256 valence electrons. The number of amides is 2. The number of ether oxygens (including phenoxy) is 3. The molecule has 1 aliphatic carbocycles. The monoisotopic (exact) mass is 691 g/mol. The Labute approximate surface area is 285 Å². The van der Waals surface area contributed by atoms with E-state index >= 15 is 8.78 Å². The lowest BCUT2D eigenvalue weighted by molar-refractivity contribution is -0.136. The number of anilines is 1. The second kappa shape index (κ2) is 12.4. The van der Waals surface area contributed by atoms with E-state index < -0.39 is 23.3 Å². The van der Waals surface area contributed by atoms with E-state index in [1.54, 1.807) is 20.8 Å². The number of carbonyl (C=O) groups is 2. The predicted octanol–water partition coefficient (Wildman–Crippen LogP) is 5.76. The zero-order valence-corrected chi connectivity index (χ0v) is 28.4.